The second kappa shape index (κ2) is 2.63. The molecule has 0 aliphatic heterocycles. The fraction of sp³-hybridized carbons (Fsp3) is 0.125. The molecule has 0 bridgehead atoms. The second-order valence-corrected chi connectivity index (χ2v) is 2.76. The van der Waals surface area contributed by atoms with Crippen molar-refractivity contribution in [1.82, 2.24) is 9.71 Å². The first kappa shape index (κ1) is 8.86. The predicted octanol–water partition coefficient (Wildman–Crippen LogP) is 2.29. The van der Waals surface area contributed by atoms with Gasteiger partial charge in [0.1, 0.15) is 11.2 Å². The van der Waals surface area contributed by atoms with E-state index in [2.05, 4.69) is 4.98 Å². The topological polar surface area (TPSA) is 38.0 Å². The first-order valence-electron chi connectivity index (χ1n) is 3.73. The maximum atomic E-state index is 12.2. The third kappa shape index (κ3) is 1.28. The average molecular weight is 202 g/mol. The molecule has 0 radical (unpaired) electrons. The molecule has 0 aliphatic carbocycles. The number of fused-ring (bicyclic) bond motifs is 1. The molecule has 6 heteroatoms. The molecule has 1 N–H and O–H groups in total. The van der Waals surface area contributed by atoms with Gasteiger partial charge in [-0.2, -0.15) is 17.9 Å². The number of pyridine rings is 1. The molecule has 0 saturated carbocycles. The van der Waals surface area contributed by atoms with E-state index in [4.69, 9.17) is 5.21 Å². The van der Waals surface area contributed by atoms with Gasteiger partial charge >= 0.3 is 6.18 Å². The van der Waals surface area contributed by atoms with Crippen LogP contribution in [0.25, 0.3) is 11.0 Å². The second-order valence-electron chi connectivity index (χ2n) is 2.76. The Balaban J connectivity index is 2.63. The summed E-state index contributed by atoms with van der Waals surface area (Å²) in [6.45, 7) is 0. The zero-order valence-electron chi connectivity index (χ0n) is 6.78. The monoisotopic (exact) mass is 202 g/mol. The Kier molecular flexibility index (Phi) is 1.67. The zero-order chi connectivity index (χ0) is 10.3. The quantitative estimate of drug-likeness (QED) is 0.665. The molecule has 0 fully saturated rings. The zero-order valence-corrected chi connectivity index (χ0v) is 6.78. The minimum atomic E-state index is -4.45. The van der Waals surface area contributed by atoms with E-state index in [1.807, 2.05) is 0 Å². The van der Waals surface area contributed by atoms with Crippen LogP contribution in [0.1, 0.15) is 5.69 Å². The van der Waals surface area contributed by atoms with E-state index in [9.17, 15) is 13.2 Å². The lowest BCUT2D eigenvalue weighted by molar-refractivity contribution is -0.140. The van der Waals surface area contributed by atoms with Gasteiger partial charge in [0.2, 0.25) is 0 Å². The summed E-state index contributed by atoms with van der Waals surface area (Å²) >= 11 is 0. The normalized spacial score (nSPS) is 12.2. The lowest BCUT2D eigenvalue weighted by Gasteiger charge is -2.04. The van der Waals surface area contributed by atoms with Gasteiger partial charge in [-0.05, 0) is 18.2 Å². The summed E-state index contributed by atoms with van der Waals surface area (Å²) in [4.78, 5) is 3.36. The molecule has 14 heavy (non-hydrogen) atoms. The highest BCUT2D eigenvalue weighted by atomic mass is 19.4. The number of aromatic nitrogens is 2. The maximum absolute atomic E-state index is 12.2. The van der Waals surface area contributed by atoms with Crippen molar-refractivity contribution in [3.63, 3.8) is 0 Å². The van der Waals surface area contributed by atoms with E-state index >= 15 is 0 Å². The summed E-state index contributed by atoms with van der Waals surface area (Å²) in [6, 6.07) is 3.31. The van der Waals surface area contributed by atoms with Gasteiger partial charge < -0.3 is 5.21 Å². The number of alkyl halides is 3. The van der Waals surface area contributed by atoms with Crippen molar-refractivity contribution in [2.24, 2.45) is 0 Å². The highest BCUT2D eigenvalue weighted by Crippen LogP contribution is 2.28. The fourth-order valence-electron chi connectivity index (χ4n) is 1.16. The number of hydrogen-bond acceptors (Lipinski definition) is 2. The molecule has 2 heterocycles. The van der Waals surface area contributed by atoms with Crippen LogP contribution < -0.4 is 0 Å². The molecule has 0 unspecified atom stereocenters. The Bertz CT molecular complexity index is 475. The largest absolute Gasteiger partial charge is 0.433 e. The minimum absolute atomic E-state index is 0.113. The van der Waals surface area contributed by atoms with Gasteiger partial charge in [-0.3, -0.25) is 0 Å². The van der Waals surface area contributed by atoms with Crippen LogP contribution in [0.2, 0.25) is 0 Å². The van der Waals surface area contributed by atoms with Gasteiger partial charge in [0.05, 0.1) is 5.52 Å². The summed E-state index contributed by atoms with van der Waals surface area (Å²) in [7, 11) is 0. The first-order valence-corrected chi connectivity index (χ1v) is 3.73. The van der Waals surface area contributed by atoms with E-state index in [0.29, 0.717) is 0 Å². The molecule has 0 atom stereocenters. The molecular formula is C8H5F3N2O. The molecule has 0 saturated heterocycles. The molecule has 2 aromatic rings. The third-order valence-corrected chi connectivity index (χ3v) is 1.81. The Morgan fingerprint density at radius 2 is 1.93 bits per heavy atom. The van der Waals surface area contributed by atoms with Crippen LogP contribution in [0.5, 0.6) is 0 Å². The third-order valence-electron chi connectivity index (χ3n) is 1.81. The predicted molar refractivity (Wildman–Crippen MR) is 41.9 cm³/mol. The summed E-state index contributed by atoms with van der Waals surface area (Å²) < 4.78 is 37.3. The fourth-order valence-corrected chi connectivity index (χ4v) is 1.16. The van der Waals surface area contributed by atoms with Crippen LogP contribution in [0, 0.1) is 0 Å². The molecule has 0 spiro atoms. The highest BCUT2D eigenvalue weighted by Gasteiger charge is 2.32. The summed E-state index contributed by atoms with van der Waals surface area (Å²) in [5.74, 6) is 0. The van der Waals surface area contributed by atoms with Crippen molar-refractivity contribution in [2.45, 2.75) is 6.18 Å². The van der Waals surface area contributed by atoms with Crippen molar-refractivity contribution >= 4 is 11.0 Å². The van der Waals surface area contributed by atoms with E-state index in [0.717, 1.165) is 10.8 Å². The van der Waals surface area contributed by atoms with Crippen LogP contribution in [0.15, 0.2) is 24.4 Å². The number of hydrogen-bond donors (Lipinski definition) is 1. The van der Waals surface area contributed by atoms with E-state index in [1.54, 1.807) is 0 Å². The Morgan fingerprint density at radius 3 is 2.57 bits per heavy atom. The molecule has 2 rings (SSSR count). The van der Waals surface area contributed by atoms with Crippen molar-refractivity contribution in [2.75, 3.05) is 0 Å². The first-order chi connectivity index (χ1) is 6.48. The number of halogens is 3. The molecular weight excluding hydrogens is 197 g/mol. The molecule has 3 nitrogen and oxygen atoms in total. The van der Waals surface area contributed by atoms with Gasteiger partial charge in [0.25, 0.3) is 0 Å². The van der Waals surface area contributed by atoms with Crippen molar-refractivity contribution in [3.8, 4) is 0 Å². The van der Waals surface area contributed by atoms with E-state index in [1.165, 1.54) is 18.3 Å². The number of nitrogens with zero attached hydrogens (tertiary/aromatic N) is 2. The summed E-state index contributed by atoms with van der Waals surface area (Å²) in [6.07, 6.45) is -3.22. The summed E-state index contributed by atoms with van der Waals surface area (Å²) in [5.41, 5.74) is -0.600. The van der Waals surface area contributed by atoms with Gasteiger partial charge in [0.15, 0.2) is 0 Å². The molecule has 0 aromatic carbocycles. The minimum Gasteiger partial charge on any atom is -0.428 e. The average Bonchev–Trinajstić information content (AvgIpc) is 2.46. The van der Waals surface area contributed by atoms with Crippen molar-refractivity contribution in [1.29, 1.82) is 0 Å². The van der Waals surface area contributed by atoms with Crippen molar-refractivity contribution < 1.29 is 18.4 Å². The van der Waals surface area contributed by atoms with Crippen LogP contribution in [-0.4, -0.2) is 14.9 Å². The molecule has 0 amide bonds. The maximum Gasteiger partial charge on any atom is 0.433 e. The Morgan fingerprint density at radius 1 is 1.21 bits per heavy atom. The van der Waals surface area contributed by atoms with Crippen molar-refractivity contribution in [3.05, 3.63) is 30.1 Å². The Labute approximate surface area is 76.4 Å². The van der Waals surface area contributed by atoms with Crippen LogP contribution in [0.4, 0.5) is 13.2 Å². The SMILES string of the molecule is On1ccc2nc(C(F)(F)F)ccc21. The van der Waals surface area contributed by atoms with Gasteiger partial charge in [0, 0.05) is 6.20 Å². The molecule has 2 aromatic heterocycles. The van der Waals surface area contributed by atoms with E-state index < -0.39 is 11.9 Å². The molecule has 0 aliphatic rings. The smallest absolute Gasteiger partial charge is 0.428 e. The van der Waals surface area contributed by atoms with Gasteiger partial charge in [-0.1, -0.05) is 0 Å². The van der Waals surface area contributed by atoms with Crippen LogP contribution in [-0.2, 0) is 6.18 Å². The lowest BCUT2D eigenvalue weighted by atomic mass is 10.3. The molecule has 74 valence electrons. The standard InChI is InChI=1S/C8H5F3N2O/c9-8(10,11)7-2-1-6-5(12-7)3-4-13(6)14/h1-4,14H. The Hall–Kier alpha value is -1.72. The van der Waals surface area contributed by atoms with Gasteiger partial charge in [-0.25, -0.2) is 4.98 Å². The number of rotatable bonds is 0. The van der Waals surface area contributed by atoms with Crippen LogP contribution >= 0.6 is 0 Å². The van der Waals surface area contributed by atoms with E-state index in [-0.39, 0.29) is 11.0 Å². The lowest BCUT2D eigenvalue weighted by Crippen LogP contribution is -2.07. The summed E-state index contributed by atoms with van der Waals surface area (Å²) in [5, 5.41) is 9.10. The van der Waals surface area contributed by atoms with Gasteiger partial charge in [-0.15, -0.1) is 0 Å². The highest BCUT2D eigenvalue weighted by molar-refractivity contribution is 5.75. The van der Waals surface area contributed by atoms with Crippen LogP contribution in [0.3, 0.4) is 0 Å².